The van der Waals surface area contributed by atoms with E-state index in [2.05, 4.69) is 11.4 Å². The molecule has 0 bridgehead atoms. The number of rotatable bonds is 6. The predicted molar refractivity (Wildman–Crippen MR) is 97.2 cm³/mol. The molecule has 1 atom stereocenters. The zero-order chi connectivity index (χ0) is 17.5. The standard InChI is InChI=1S/C19H20N2O2S/c1-4-18(23-16-10-13(2)9-14(3)11-16)19(22)21-15-5-7-17(8-6-15)24-12-20/h5-11,18H,4H2,1-3H3,(H,21,22). The molecule has 0 aliphatic heterocycles. The summed E-state index contributed by atoms with van der Waals surface area (Å²) in [5.74, 6) is 0.521. The van der Waals surface area contributed by atoms with Gasteiger partial charge in [-0.2, -0.15) is 5.26 Å². The number of amides is 1. The van der Waals surface area contributed by atoms with Gasteiger partial charge in [0, 0.05) is 10.6 Å². The van der Waals surface area contributed by atoms with Gasteiger partial charge in [-0.1, -0.05) is 13.0 Å². The quantitative estimate of drug-likeness (QED) is 0.613. The Kier molecular flexibility index (Phi) is 6.28. The zero-order valence-electron chi connectivity index (χ0n) is 14.0. The number of thioether (sulfide) groups is 1. The van der Waals surface area contributed by atoms with E-state index >= 15 is 0 Å². The predicted octanol–water partition coefficient (Wildman–Crippen LogP) is 4.67. The average molecular weight is 340 g/mol. The van der Waals surface area contributed by atoms with Gasteiger partial charge in [0.1, 0.15) is 11.2 Å². The zero-order valence-corrected chi connectivity index (χ0v) is 14.8. The van der Waals surface area contributed by atoms with Gasteiger partial charge in [-0.15, -0.1) is 0 Å². The molecule has 2 aromatic rings. The molecule has 2 aromatic carbocycles. The number of aryl methyl sites for hydroxylation is 2. The summed E-state index contributed by atoms with van der Waals surface area (Å²) in [4.78, 5) is 13.3. The maximum atomic E-state index is 12.4. The lowest BCUT2D eigenvalue weighted by Gasteiger charge is -2.18. The molecule has 0 radical (unpaired) electrons. The molecular weight excluding hydrogens is 320 g/mol. The van der Waals surface area contributed by atoms with E-state index in [0.717, 1.165) is 27.8 Å². The Bertz CT molecular complexity index is 731. The number of hydrogen-bond donors (Lipinski definition) is 1. The number of ether oxygens (including phenoxy) is 1. The molecule has 0 saturated heterocycles. The summed E-state index contributed by atoms with van der Waals surface area (Å²) in [6, 6.07) is 13.1. The van der Waals surface area contributed by atoms with Gasteiger partial charge in [-0.3, -0.25) is 4.79 Å². The van der Waals surface area contributed by atoms with Gasteiger partial charge >= 0.3 is 0 Å². The fraction of sp³-hybridized carbons (Fsp3) is 0.263. The van der Waals surface area contributed by atoms with Crippen molar-refractivity contribution in [2.45, 2.75) is 38.2 Å². The third-order valence-corrected chi connectivity index (χ3v) is 4.02. The SMILES string of the molecule is CCC(Oc1cc(C)cc(C)c1)C(=O)Nc1ccc(SC#N)cc1. The van der Waals surface area contributed by atoms with Crippen LogP contribution in [0.1, 0.15) is 24.5 Å². The summed E-state index contributed by atoms with van der Waals surface area (Å²) in [5, 5.41) is 13.5. The maximum absolute atomic E-state index is 12.4. The van der Waals surface area contributed by atoms with Crippen molar-refractivity contribution in [2.75, 3.05) is 5.32 Å². The van der Waals surface area contributed by atoms with Gasteiger partial charge in [0.05, 0.1) is 0 Å². The van der Waals surface area contributed by atoms with Crippen LogP contribution in [0.2, 0.25) is 0 Å². The number of nitrogens with zero attached hydrogens (tertiary/aromatic N) is 1. The van der Waals surface area contributed by atoms with Gasteiger partial charge in [0.15, 0.2) is 6.10 Å². The number of nitrogens with one attached hydrogen (secondary N) is 1. The number of anilines is 1. The number of carbonyl (C=O) groups is 1. The normalized spacial score (nSPS) is 11.4. The summed E-state index contributed by atoms with van der Waals surface area (Å²) in [7, 11) is 0. The Hall–Kier alpha value is -2.45. The average Bonchev–Trinajstić information content (AvgIpc) is 2.53. The molecule has 0 fully saturated rings. The van der Waals surface area contributed by atoms with Crippen molar-refractivity contribution in [3.8, 4) is 11.2 Å². The van der Waals surface area contributed by atoms with Gasteiger partial charge in [0.2, 0.25) is 0 Å². The molecule has 4 nitrogen and oxygen atoms in total. The molecule has 0 aliphatic carbocycles. The molecule has 124 valence electrons. The Balaban J connectivity index is 2.04. The first-order valence-corrected chi connectivity index (χ1v) is 8.55. The molecule has 0 spiro atoms. The lowest BCUT2D eigenvalue weighted by atomic mass is 10.1. The maximum Gasteiger partial charge on any atom is 0.265 e. The molecule has 0 saturated carbocycles. The molecule has 1 amide bonds. The van der Waals surface area contributed by atoms with Crippen molar-refractivity contribution >= 4 is 23.4 Å². The van der Waals surface area contributed by atoms with E-state index < -0.39 is 6.10 Å². The van der Waals surface area contributed by atoms with Crippen molar-refractivity contribution < 1.29 is 9.53 Å². The van der Waals surface area contributed by atoms with E-state index in [1.165, 1.54) is 0 Å². The number of benzene rings is 2. The summed E-state index contributed by atoms with van der Waals surface area (Å²) in [6.07, 6.45) is 0.0145. The topological polar surface area (TPSA) is 62.1 Å². The van der Waals surface area contributed by atoms with Crippen molar-refractivity contribution in [1.82, 2.24) is 0 Å². The molecular formula is C19H20N2O2S. The fourth-order valence-electron chi connectivity index (χ4n) is 2.37. The van der Waals surface area contributed by atoms with E-state index in [1.807, 2.05) is 38.3 Å². The minimum Gasteiger partial charge on any atom is -0.481 e. The second-order valence-corrected chi connectivity index (χ2v) is 6.40. The molecule has 0 heterocycles. The lowest BCUT2D eigenvalue weighted by molar-refractivity contribution is -0.122. The highest BCUT2D eigenvalue weighted by Crippen LogP contribution is 2.21. The van der Waals surface area contributed by atoms with Gasteiger partial charge in [-0.05, 0) is 79.6 Å². The molecule has 1 N–H and O–H groups in total. The summed E-state index contributed by atoms with van der Waals surface area (Å²) >= 11 is 1.09. The number of carbonyl (C=O) groups excluding carboxylic acids is 1. The van der Waals surface area contributed by atoms with Gasteiger partial charge in [-0.25, -0.2) is 0 Å². The van der Waals surface area contributed by atoms with Crippen LogP contribution in [0.25, 0.3) is 0 Å². The summed E-state index contributed by atoms with van der Waals surface area (Å²) in [6.45, 7) is 5.92. The number of thiocyanates is 1. The first-order chi connectivity index (χ1) is 11.5. The van der Waals surface area contributed by atoms with Crippen LogP contribution < -0.4 is 10.1 Å². The number of nitriles is 1. The van der Waals surface area contributed by atoms with E-state index in [0.29, 0.717) is 17.9 Å². The smallest absolute Gasteiger partial charge is 0.265 e. The largest absolute Gasteiger partial charge is 0.481 e. The van der Waals surface area contributed by atoms with Crippen molar-refractivity contribution in [3.63, 3.8) is 0 Å². The molecule has 1 unspecified atom stereocenters. The van der Waals surface area contributed by atoms with Crippen molar-refractivity contribution in [2.24, 2.45) is 0 Å². The molecule has 0 aliphatic rings. The third-order valence-electron chi connectivity index (χ3n) is 3.42. The van der Waals surface area contributed by atoms with Crippen LogP contribution in [0.3, 0.4) is 0 Å². The van der Waals surface area contributed by atoms with Crippen LogP contribution >= 0.6 is 11.8 Å². The Labute approximate surface area is 146 Å². The second kappa shape index (κ2) is 8.42. The molecule has 5 heteroatoms. The lowest BCUT2D eigenvalue weighted by Crippen LogP contribution is -2.32. The van der Waals surface area contributed by atoms with Crippen LogP contribution in [0.4, 0.5) is 5.69 Å². The second-order valence-electron chi connectivity index (χ2n) is 5.55. The highest BCUT2D eigenvalue weighted by Gasteiger charge is 2.18. The fourth-order valence-corrected chi connectivity index (χ4v) is 2.75. The van der Waals surface area contributed by atoms with Crippen LogP contribution in [0, 0.1) is 24.5 Å². The van der Waals surface area contributed by atoms with Crippen molar-refractivity contribution in [3.05, 3.63) is 53.6 Å². The minimum atomic E-state index is -0.556. The highest BCUT2D eigenvalue weighted by atomic mass is 32.2. The summed E-state index contributed by atoms with van der Waals surface area (Å²) in [5.41, 5.74) is 2.89. The van der Waals surface area contributed by atoms with Gasteiger partial charge < -0.3 is 10.1 Å². The van der Waals surface area contributed by atoms with Crippen LogP contribution in [-0.4, -0.2) is 12.0 Å². The van der Waals surface area contributed by atoms with E-state index in [4.69, 9.17) is 10.00 Å². The minimum absolute atomic E-state index is 0.183. The third kappa shape index (κ3) is 5.04. The van der Waals surface area contributed by atoms with Crippen LogP contribution in [-0.2, 0) is 4.79 Å². The summed E-state index contributed by atoms with van der Waals surface area (Å²) < 4.78 is 5.86. The Morgan fingerprint density at radius 3 is 2.38 bits per heavy atom. The molecule has 24 heavy (non-hydrogen) atoms. The van der Waals surface area contributed by atoms with E-state index in [1.54, 1.807) is 24.3 Å². The molecule has 2 rings (SSSR count). The first kappa shape index (κ1) is 17.9. The monoisotopic (exact) mass is 340 g/mol. The van der Waals surface area contributed by atoms with E-state index in [9.17, 15) is 4.79 Å². The highest BCUT2D eigenvalue weighted by molar-refractivity contribution is 8.03. The van der Waals surface area contributed by atoms with Crippen LogP contribution in [0.15, 0.2) is 47.4 Å². The Morgan fingerprint density at radius 1 is 1.21 bits per heavy atom. The van der Waals surface area contributed by atoms with Crippen molar-refractivity contribution in [1.29, 1.82) is 5.26 Å². The van der Waals surface area contributed by atoms with Gasteiger partial charge in [0.25, 0.3) is 5.91 Å². The van der Waals surface area contributed by atoms with Crippen LogP contribution in [0.5, 0.6) is 5.75 Å². The Morgan fingerprint density at radius 2 is 1.83 bits per heavy atom. The number of hydrogen-bond acceptors (Lipinski definition) is 4. The first-order valence-electron chi connectivity index (χ1n) is 7.73. The van der Waals surface area contributed by atoms with E-state index in [-0.39, 0.29) is 5.91 Å². The molecule has 0 aromatic heterocycles.